The largest absolute Gasteiger partial charge is 0.458 e. The Labute approximate surface area is 91.4 Å². The van der Waals surface area contributed by atoms with Crippen LogP contribution < -0.4 is 0 Å². The molecule has 0 amide bonds. The molecular weight excluding hydrogens is 192 g/mol. The molecule has 0 atom stereocenters. The van der Waals surface area contributed by atoms with Crippen molar-refractivity contribution in [1.29, 1.82) is 0 Å². The molecule has 86 valence electrons. The lowest BCUT2D eigenvalue weighted by molar-refractivity contribution is -0.171. The van der Waals surface area contributed by atoms with Crippen LogP contribution in [0.3, 0.4) is 0 Å². The summed E-state index contributed by atoms with van der Waals surface area (Å²) >= 11 is 0. The maximum absolute atomic E-state index is 11.8. The molecule has 0 aromatic heterocycles. The zero-order valence-corrected chi connectivity index (χ0v) is 10.1. The number of carbonyl (C=O) groups excluding carboxylic acids is 1. The maximum atomic E-state index is 11.8. The van der Waals surface area contributed by atoms with Gasteiger partial charge in [-0.25, -0.2) is 4.79 Å². The monoisotopic (exact) mass is 212 g/mol. The highest BCUT2D eigenvalue weighted by Gasteiger charge is 2.53. The maximum Gasteiger partial charge on any atom is 0.338 e. The molecule has 0 saturated heterocycles. The molecule has 1 rings (SSSR count). The van der Waals surface area contributed by atoms with Crippen LogP contribution in [0.1, 0.15) is 40.5 Å². The average molecular weight is 212 g/mol. The summed E-state index contributed by atoms with van der Waals surface area (Å²) in [6.07, 6.45) is 1.52. The van der Waals surface area contributed by atoms with Crippen molar-refractivity contribution in [2.24, 2.45) is 0 Å². The van der Waals surface area contributed by atoms with Gasteiger partial charge in [0.1, 0.15) is 5.60 Å². The van der Waals surface area contributed by atoms with Crippen molar-refractivity contribution in [2.45, 2.75) is 51.7 Å². The molecule has 0 aliphatic heterocycles. The molecule has 3 heteroatoms. The van der Waals surface area contributed by atoms with E-state index in [2.05, 4.69) is 6.58 Å². The van der Waals surface area contributed by atoms with E-state index in [0.29, 0.717) is 6.61 Å². The summed E-state index contributed by atoms with van der Waals surface area (Å²) in [6, 6.07) is 0. The summed E-state index contributed by atoms with van der Waals surface area (Å²) in [5.74, 6) is -0.240. The number of ether oxygens (including phenoxy) is 2. The third-order valence-corrected chi connectivity index (χ3v) is 2.07. The summed E-state index contributed by atoms with van der Waals surface area (Å²) < 4.78 is 10.8. The highest BCUT2D eigenvalue weighted by molar-refractivity contribution is 5.83. The van der Waals surface area contributed by atoms with Gasteiger partial charge in [0.25, 0.3) is 0 Å². The molecule has 0 heterocycles. The van der Waals surface area contributed by atoms with Crippen LogP contribution >= 0.6 is 0 Å². The van der Waals surface area contributed by atoms with Gasteiger partial charge < -0.3 is 9.47 Å². The van der Waals surface area contributed by atoms with Crippen LogP contribution in [-0.4, -0.2) is 23.8 Å². The van der Waals surface area contributed by atoms with Crippen LogP contribution in [0.25, 0.3) is 0 Å². The smallest absolute Gasteiger partial charge is 0.338 e. The molecular formula is C12H20O3. The van der Waals surface area contributed by atoms with Gasteiger partial charge in [-0.15, -0.1) is 0 Å². The SMILES string of the molecule is C=C(C)COC1(C(=O)OC(C)(C)C)CC1. The van der Waals surface area contributed by atoms with E-state index in [-0.39, 0.29) is 5.97 Å². The van der Waals surface area contributed by atoms with Crippen molar-refractivity contribution in [2.75, 3.05) is 6.61 Å². The molecule has 3 nitrogen and oxygen atoms in total. The minimum absolute atomic E-state index is 0.240. The number of carbonyl (C=O) groups is 1. The van der Waals surface area contributed by atoms with Crippen molar-refractivity contribution in [3.63, 3.8) is 0 Å². The highest BCUT2D eigenvalue weighted by Crippen LogP contribution is 2.41. The quantitative estimate of drug-likeness (QED) is 0.530. The molecule has 0 radical (unpaired) electrons. The number of hydrogen-bond donors (Lipinski definition) is 0. The first-order valence-electron chi connectivity index (χ1n) is 5.27. The lowest BCUT2D eigenvalue weighted by Crippen LogP contribution is -2.35. The van der Waals surface area contributed by atoms with Crippen molar-refractivity contribution in [3.8, 4) is 0 Å². The van der Waals surface area contributed by atoms with E-state index < -0.39 is 11.2 Å². The minimum atomic E-state index is -0.674. The van der Waals surface area contributed by atoms with Crippen LogP contribution in [-0.2, 0) is 14.3 Å². The third kappa shape index (κ3) is 3.67. The molecule has 1 saturated carbocycles. The van der Waals surface area contributed by atoms with Crippen molar-refractivity contribution in [1.82, 2.24) is 0 Å². The standard InChI is InChI=1S/C12H20O3/c1-9(2)8-14-12(6-7-12)10(13)15-11(3,4)5/h1,6-8H2,2-5H3. The molecule has 0 aromatic carbocycles. The van der Waals surface area contributed by atoms with Crippen LogP contribution in [0.4, 0.5) is 0 Å². The second-order valence-electron chi connectivity index (χ2n) is 5.24. The molecule has 1 aliphatic carbocycles. The molecule has 0 unspecified atom stereocenters. The van der Waals surface area contributed by atoms with Gasteiger partial charge in [-0.05, 0) is 40.5 Å². The summed E-state index contributed by atoms with van der Waals surface area (Å²) in [5.41, 5.74) is -0.198. The zero-order chi connectivity index (χ0) is 11.7. The van der Waals surface area contributed by atoms with Gasteiger partial charge in [-0.3, -0.25) is 0 Å². The summed E-state index contributed by atoms with van der Waals surface area (Å²) in [6.45, 7) is 11.6. The first-order valence-corrected chi connectivity index (χ1v) is 5.27. The number of hydrogen-bond acceptors (Lipinski definition) is 3. The normalized spacial score (nSPS) is 18.4. The third-order valence-electron chi connectivity index (χ3n) is 2.07. The van der Waals surface area contributed by atoms with E-state index in [1.54, 1.807) is 0 Å². The Bertz CT molecular complexity index is 269. The van der Waals surface area contributed by atoms with Crippen LogP contribution in [0.2, 0.25) is 0 Å². The van der Waals surface area contributed by atoms with E-state index in [1.807, 2.05) is 27.7 Å². The van der Waals surface area contributed by atoms with Crippen molar-refractivity contribution in [3.05, 3.63) is 12.2 Å². The fraction of sp³-hybridized carbons (Fsp3) is 0.750. The summed E-state index contributed by atoms with van der Waals surface area (Å²) in [5, 5.41) is 0. The predicted octanol–water partition coefficient (Wildman–Crippen LogP) is 2.45. The number of rotatable bonds is 4. The fourth-order valence-corrected chi connectivity index (χ4v) is 1.15. The van der Waals surface area contributed by atoms with Crippen LogP contribution in [0.5, 0.6) is 0 Å². The van der Waals surface area contributed by atoms with Crippen LogP contribution in [0.15, 0.2) is 12.2 Å². The van der Waals surface area contributed by atoms with Crippen molar-refractivity contribution < 1.29 is 14.3 Å². The Hall–Kier alpha value is -0.830. The molecule has 0 N–H and O–H groups in total. The topological polar surface area (TPSA) is 35.5 Å². The molecule has 0 bridgehead atoms. The van der Waals surface area contributed by atoms with Gasteiger partial charge in [-0.2, -0.15) is 0 Å². The molecule has 0 aromatic rings. The Morgan fingerprint density at radius 3 is 2.27 bits per heavy atom. The fourth-order valence-electron chi connectivity index (χ4n) is 1.15. The lowest BCUT2D eigenvalue weighted by atomic mass is 10.2. The first kappa shape index (κ1) is 12.2. The van der Waals surface area contributed by atoms with Gasteiger partial charge in [0.15, 0.2) is 5.60 Å². The lowest BCUT2D eigenvalue weighted by Gasteiger charge is -2.23. The minimum Gasteiger partial charge on any atom is -0.458 e. The second kappa shape index (κ2) is 3.97. The van der Waals surface area contributed by atoms with Gasteiger partial charge in [-0.1, -0.05) is 12.2 Å². The predicted molar refractivity (Wildman–Crippen MR) is 58.6 cm³/mol. The zero-order valence-electron chi connectivity index (χ0n) is 10.1. The van der Waals surface area contributed by atoms with E-state index >= 15 is 0 Å². The molecule has 1 fully saturated rings. The first-order chi connectivity index (χ1) is 6.75. The summed E-state index contributed by atoms with van der Waals surface area (Å²) in [7, 11) is 0. The Balaban J connectivity index is 2.48. The van der Waals surface area contributed by atoms with Gasteiger partial charge in [0.2, 0.25) is 0 Å². The Morgan fingerprint density at radius 1 is 1.40 bits per heavy atom. The van der Waals surface area contributed by atoms with Gasteiger partial charge in [0.05, 0.1) is 6.61 Å². The van der Waals surface area contributed by atoms with E-state index in [0.717, 1.165) is 18.4 Å². The number of esters is 1. The van der Waals surface area contributed by atoms with Crippen LogP contribution in [0, 0.1) is 0 Å². The molecule has 1 aliphatic rings. The summed E-state index contributed by atoms with van der Waals surface area (Å²) in [4.78, 5) is 11.8. The Kier molecular flexibility index (Phi) is 3.24. The highest BCUT2D eigenvalue weighted by atomic mass is 16.6. The van der Waals surface area contributed by atoms with Gasteiger partial charge >= 0.3 is 5.97 Å². The molecule has 0 spiro atoms. The Morgan fingerprint density at radius 2 is 1.93 bits per heavy atom. The van der Waals surface area contributed by atoms with E-state index in [4.69, 9.17) is 9.47 Å². The van der Waals surface area contributed by atoms with Gasteiger partial charge in [0, 0.05) is 0 Å². The second-order valence-corrected chi connectivity index (χ2v) is 5.24. The van der Waals surface area contributed by atoms with Crippen molar-refractivity contribution >= 4 is 5.97 Å². The molecule has 15 heavy (non-hydrogen) atoms. The average Bonchev–Trinajstić information content (AvgIpc) is 2.77. The van der Waals surface area contributed by atoms with E-state index in [9.17, 15) is 4.79 Å². The van der Waals surface area contributed by atoms with E-state index in [1.165, 1.54) is 0 Å².